The van der Waals surface area contributed by atoms with Gasteiger partial charge in [0.25, 0.3) is 0 Å². The molecule has 0 saturated heterocycles. The van der Waals surface area contributed by atoms with Crippen LogP contribution in [0.3, 0.4) is 0 Å². The Labute approximate surface area is 129 Å². The first-order valence-corrected chi connectivity index (χ1v) is 10.7. The van der Waals surface area contributed by atoms with Crippen LogP contribution >= 0.6 is 0 Å². The monoisotopic (exact) mass is 314 g/mol. The number of esters is 1. The highest BCUT2D eigenvalue weighted by Crippen LogP contribution is 2.41. The predicted octanol–water partition coefficient (Wildman–Crippen LogP) is 3.94. The Morgan fingerprint density at radius 1 is 1.38 bits per heavy atom. The van der Waals surface area contributed by atoms with Crippen molar-refractivity contribution in [1.29, 1.82) is 0 Å². The third-order valence-corrected chi connectivity index (χ3v) is 9.19. The zero-order chi connectivity index (χ0) is 16.3. The minimum atomic E-state index is -1.99. The van der Waals surface area contributed by atoms with Gasteiger partial charge in [0.1, 0.15) is 0 Å². The van der Waals surface area contributed by atoms with E-state index >= 15 is 0 Å². The molecule has 21 heavy (non-hydrogen) atoms. The van der Waals surface area contributed by atoms with Gasteiger partial charge in [-0.25, -0.2) is 4.79 Å². The van der Waals surface area contributed by atoms with E-state index in [0.717, 1.165) is 12.8 Å². The van der Waals surface area contributed by atoms with E-state index in [9.17, 15) is 4.79 Å². The number of hydrogen-bond donors (Lipinski definition) is 0. The number of methoxy groups -OCH3 is 1. The average molecular weight is 315 g/mol. The van der Waals surface area contributed by atoms with Crippen molar-refractivity contribution in [3.63, 3.8) is 0 Å². The van der Waals surface area contributed by atoms with E-state index in [-0.39, 0.29) is 17.1 Å². The van der Waals surface area contributed by atoms with Crippen molar-refractivity contribution in [2.45, 2.75) is 76.7 Å². The van der Waals surface area contributed by atoms with Gasteiger partial charge >= 0.3 is 5.97 Å². The quantitative estimate of drug-likeness (QED) is 0.551. The molecule has 6 heteroatoms. The van der Waals surface area contributed by atoms with Gasteiger partial charge in [-0.05, 0) is 24.6 Å². The molecule has 0 bridgehead atoms. The van der Waals surface area contributed by atoms with Crippen molar-refractivity contribution in [2.75, 3.05) is 13.7 Å². The molecule has 0 fully saturated rings. The first kappa shape index (κ1) is 18.3. The topological polar surface area (TPSA) is 60.2 Å². The van der Waals surface area contributed by atoms with E-state index in [0.29, 0.717) is 13.0 Å². The molecule has 0 unspecified atom stereocenters. The van der Waals surface area contributed by atoms with Gasteiger partial charge in [0.15, 0.2) is 8.32 Å². The summed E-state index contributed by atoms with van der Waals surface area (Å²) in [7, 11) is -0.578. The lowest BCUT2D eigenvalue weighted by Crippen LogP contribution is -2.55. The highest BCUT2D eigenvalue weighted by atomic mass is 28.4. The standard InChI is InChI=1S/C15H30N2O3Si/c1-8-9-12(20-21(6,7)14(2,3)4)15(13(18)19-5)10-11-16-17-15/h12H,8-11H2,1-7H3/t12-,15+/m1/s1. The van der Waals surface area contributed by atoms with Crippen molar-refractivity contribution in [3.05, 3.63) is 0 Å². The summed E-state index contributed by atoms with van der Waals surface area (Å²) in [4.78, 5) is 12.3. The van der Waals surface area contributed by atoms with Gasteiger partial charge in [-0.3, -0.25) is 0 Å². The largest absolute Gasteiger partial charge is 0.467 e. The molecule has 0 aromatic heterocycles. The average Bonchev–Trinajstić information content (AvgIpc) is 2.86. The summed E-state index contributed by atoms with van der Waals surface area (Å²) in [6.45, 7) is 13.7. The summed E-state index contributed by atoms with van der Waals surface area (Å²) in [5, 5.41) is 8.42. The molecule has 122 valence electrons. The minimum absolute atomic E-state index is 0.0893. The van der Waals surface area contributed by atoms with Crippen LogP contribution < -0.4 is 0 Å². The van der Waals surface area contributed by atoms with Gasteiger partial charge in [0.05, 0.1) is 19.8 Å². The Bertz CT molecular complexity index is 404. The fraction of sp³-hybridized carbons (Fsp3) is 0.933. The number of carbonyl (C=O) groups is 1. The van der Waals surface area contributed by atoms with Crippen LogP contribution in [0.1, 0.15) is 47.0 Å². The molecule has 1 aliphatic heterocycles. The first-order chi connectivity index (χ1) is 9.60. The molecule has 0 spiro atoms. The Balaban J connectivity index is 3.10. The predicted molar refractivity (Wildman–Crippen MR) is 86.1 cm³/mol. The molecule has 1 rings (SSSR count). The molecule has 1 aliphatic rings. The number of nitrogens with zero attached hydrogens (tertiary/aromatic N) is 2. The molecule has 0 N–H and O–H groups in total. The maximum atomic E-state index is 12.3. The van der Waals surface area contributed by atoms with Crippen LogP contribution in [0.15, 0.2) is 10.2 Å². The molecule has 0 aromatic carbocycles. The Hall–Kier alpha value is -0.753. The van der Waals surface area contributed by atoms with E-state index in [2.05, 4.69) is 51.0 Å². The summed E-state index contributed by atoms with van der Waals surface area (Å²) in [6, 6.07) is 0. The Morgan fingerprint density at radius 3 is 2.38 bits per heavy atom. The maximum absolute atomic E-state index is 12.3. The van der Waals surface area contributed by atoms with Gasteiger partial charge in [-0.2, -0.15) is 10.2 Å². The van der Waals surface area contributed by atoms with Crippen molar-refractivity contribution in [3.8, 4) is 0 Å². The molecule has 0 radical (unpaired) electrons. The zero-order valence-corrected chi connectivity index (χ0v) is 15.5. The van der Waals surface area contributed by atoms with Crippen LogP contribution in [0.4, 0.5) is 0 Å². The number of azo groups is 1. The molecule has 5 nitrogen and oxygen atoms in total. The van der Waals surface area contributed by atoms with Crippen molar-refractivity contribution >= 4 is 14.3 Å². The molecule has 0 saturated carbocycles. The second-order valence-corrected chi connectivity index (χ2v) is 12.0. The number of ether oxygens (including phenoxy) is 1. The van der Waals surface area contributed by atoms with Gasteiger partial charge in [-0.15, -0.1) is 0 Å². The molecule has 1 heterocycles. The smallest absolute Gasteiger partial charge is 0.338 e. The Kier molecular flexibility index (Phi) is 5.72. The van der Waals surface area contributed by atoms with E-state index in [4.69, 9.17) is 9.16 Å². The van der Waals surface area contributed by atoms with Gasteiger partial charge < -0.3 is 9.16 Å². The van der Waals surface area contributed by atoms with Crippen LogP contribution in [0.5, 0.6) is 0 Å². The highest BCUT2D eigenvalue weighted by Gasteiger charge is 2.53. The van der Waals surface area contributed by atoms with Crippen LogP contribution in [-0.2, 0) is 14.0 Å². The lowest BCUT2D eigenvalue weighted by Gasteiger charge is -2.42. The second-order valence-electron chi connectivity index (χ2n) is 7.29. The van der Waals surface area contributed by atoms with Crippen LogP contribution in [0, 0.1) is 0 Å². The highest BCUT2D eigenvalue weighted by molar-refractivity contribution is 6.74. The molecule has 0 aliphatic carbocycles. The fourth-order valence-electron chi connectivity index (χ4n) is 2.31. The molecule has 0 aromatic rings. The minimum Gasteiger partial charge on any atom is -0.467 e. The lowest BCUT2D eigenvalue weighted by molar-refractivity contribution is -0.151. The summed E-state index contributed by atoms with van der Waals surface area (Å²) < 4.78 is 11.5. The molecule has 0 amide bonds. The first-order valence-electron chi connectivity index (χ1n) is 7.75. The van der Waals surface area contributed by atoms with Gasteiger partial charge in [0.2, 0.25) is 5.54 Å². The van der Waals surface area contributed by atoms with Crippen molar-refractivity contribution in [2.24, 2.45) is 10.2 Å². The number of hydrogen-bond acceptors (Lipinski definition) is 5. The van der Waals surface area contributed by atoms with E-state index in [1.54, 1.807) is 0 Å². The lowest BCUT2D eigenvalue weighted by atomic mass is 9.88. The van der Waals surface area contributed by atoms with E-state index < -0.39 is 13.9 Å². The summed E-state index contributed by atoms with van der Waals surface area (Å²) in [5.41, 5.74) is -0.944. The SMILES string of the molecule is CCC[C@@H](O[Si](C)(C)C(C)(C)C)[C@]1(C(=O)OC)CCN=N1. The normalized spacial score (nSPS) is 24.1. The van der Waals surface area contributed by atoms with Crippen LogP contribution in [0.2, 0.25) is 18.1 Å². The fourth-order valence-corrected chi connectivity index (χ4v) is 3.69. The second kappa shape index (κ2) is 6.56. The summed E-state index contributed by atoms with van der Waals surface area (Å²) in [5.74, 6) is -0.319. The third kappa shape index (κ3) is 3.72. The Morgan fingerprint density at radius 2 is 2.00 bits per heavy atom. The summed E-state index contributed by atoms with van der Waals surface area (Å²) in [6.07, 6.45) is 2.06. The van der Waals surface area contributed by atoms with E-state index in [1.165, 1.54) is 7.11 Å². The third-order valence-electron chi connectivity index (χ3n) is 4.71. The number of carbonyl (C=O) groups excluding carboxylic acids is 1. The van der Waals surface area contributed by atoms with Crippen LogP contribution in [-0.4, -0.2) is 39.6 Å². The van der Waals surface area contributed by atoms with E-state index in [1.807, 2.05) is 0 Å². The van der Waals surface area contributed by atoms with Crippen molar-refractivity contribution in [1.82, 2.24) is 0 Å². The zero-order valence-electron chi connectivity index (χ0n) is 14.5. The van der Waals surface area contributed by atoms with Gasteiger partial charge in [-0.1, -0.05) is 34.1 Å². The molecule has 2 atom stereocenters. The molecular formula is C15H30N2O3Si. The van der Waals surface area contributed by atoms with Crippen LogP contribution in [0.25, 0.3) is 0 Å². The summed E-state index contributed by atoms with van der Waals surface area (Å²) >= 11 is 0. The van der Waals surface area contributed by atoms with Crippen molar-refractivity contribution < 1.29 is 14.0 Å². The molecular weight excluding hydrogens is 284 g/mol. The van der Waals surface area contributed by atoms with Gasteiger partial charge in [0, 0.05) is 6.42 Å². The number of rotatable bonds is 6. The maximum Gasteiger partial charge on any atom is 0.338 e.